The molecular weight excluding hydrogens is 244 g/mol. The average molecular weight is 276 g/mol. The first kappa shape index (κ1) is 15.7. The lowest BCUT2D eigenvalue weighted by atomic mass is 10.1. The second-order valence-electron chi connectivity index (χ2n) is 6.43. The van der Waals surface area contributed by atoms with E-state index >= 15 is 0 Å². The summed E-state index contributed by atoms with van der Waals surface area (Å²) in [5.74, 6) is 0. The van der Waals surface area contributed by atoms with Crippen LogP contribution in [0.5, 0.6) is 0 Å². The van der Waals surface area contributed by atoms with Crippen molar-refractivity contribution >= 4 is 11.4 Å². The monoisotopic (exact) mass is 276 g/mol. The van der Waals surface area contributed by atoms with Crippen molar-refractivity contribution in [2.24, 2.45) is 9.98 Å². The van der Waals surface area contributed by atoms with Crippen LogP contribution in [0.4, 0.5) is 0 Å². The van der Waals surface area contributed by atoms with Crippen molar-refractivity contribution in [3.05, 3.63) is 0 Å². The number of unbranched alkanes of at least 4 members (excludes halogenated alkanes) is 5. The lowest BCUT2D eigenvalue weighted by Crippen LogP contribution is -1.93. The Labute approximate surface area is 125 Å². The second kappa shape index (κ2) is 10.1. The SMILES string of the molecule is C(CCCCN=C1CCCC1)CCCN=C1CCCC1. The summed E-state index contributed by atoms with van der Waals surface area (Å²) in [5.41, 5.74) is 2.99. The van der Waals surface area contributed by atoms with Gasteiger partial charge in [0.25, 0.3) is 0 Å². The first-order valence-corrected chi connectivity index (χ1v) is 8.99. The highest BCUT2D eigenvalue weighted by molar-refractivity contribution is 5.86. The molecule has 0 spiro atoms. The molecule has 0 amide bonds. The molecule has 0 radical (unpaired) electrons. The molecule has 20 heavy (non-hydrogen) atoms. The van der Waals surface area contributed by atoms with Crippen LogP contribution in [-0.4, -0.2) is 24.5 Å². The van der Waals surface area contributed by atoms with Crippen LogP contribution >= 0.6 is 0 Å². The van der Waals surface area contributed by atoms with Crippen molar-refractivity contribution in [1.82, 2.24) is 0 Å². The Kier molecular flexibility index (Phi) is 7.96. The van der Waals surface area contributed by atoms with Gasteiger partial charge in [-0.15, -0.1) is 0 Å². The van der Waals surface area contributed by atoms with E-state index < -0.39 is 0 Å². The highest BCUT2D eigenvalue weighted by Gasteiger charge is 2.07. The van der Waals surface area contributed by atoms with Crippen LogP contribution in [0.25, 0.3) is 0 Å². The maximum Gasteiger partial charge on any atom is 0.0388 e. The van der Waals surface area contributed by atoms with Crippen LogP contribution in [0.1, 0.15) is 89.9 Å². The molecule has 0 heterocycles. The van der Waals surface area contributed by atoms with Crippen LogP contribution in [0.2, 0.25) is 0 Å². The molecule has 0 aromatic rings. The molecule has 2 rings (SSSR count). The van der Waals surface area contributed by atoms with E-state index in [-0.39, 0.29) is 0 Å². The predicted molar refractivity (Wildman–Crippen MR) is 89.2 cm³/mol. The lowest BCUT2D eigenvalue weighted by Gasteiger charge is -2.01. The quantitative estimate of drug-likeness (QED) is 0.507. The molecular formula is C18H32N2. The summed E-state index contributed by atoms with van der Waals surface area (Å²) >= 11 is 0. The Morgan fingerprint density at radius 2 is 0.850 bits per heavy atom. The smallest absolute Gasteiger partial charge is 0.0388 e. The van der Waals surface area contributed by atoms with E-state index in [1.807, 2.05) is 0 Å². The molecule has 0 saturated heterocycles. The van der Waals surface area contributed by atoms with Gasteiger partial charge in [0.2, 0.25) is 0 Å². The van der Waals surface area contributed by atoms with Gasteiger partial charge in [-0.25, -0.2) is 0 Å². The van der Waals surface area contributed by atoms with Gasteiger partial charge in [0.05, 0.1) is 0 Å². The van der Waals surface area contributed by atoms with Crippen molar-refractivity contribution in [2.45, 2.75) is 89.9 Å². The third-order valence-corrected chi connectivity index (χ3v) is 4.60. The summed E-state index contributed by atoms with van der Waals surface area (Å²) < 4.78 is 0. The zero-order chi connectivity index (χ0) is 13.9. The minimum Gasteiger partial charge on any atom is -0.294 e. The highest BCUT2D eigenvalue weighted by Crippen LogP contribution is 2.16. The van der Waals surface area contributed by atoms with E-state index in [9.17, 15) is 0 Å². The molecule has 2 aliphatic rings. The Morgan fingerprint density at radius 3 is 1.25 bits per heavy atom. The van der Waals surface area contributed by atoms with Crippen molar-refractivity contribution in [1.29, 1.82) is 0 Å². The van der Waals surface area contributed by atoms with Crippen LogP contribution in [0, 0.1) is 0 Å². The molecule has 0 atom stereocenters. The van der Waals surface area contributed by atoms with Crippen molar-refractivity contribution in [3.63, 3.8) is 0 Å². The number of aliphatic imine (C=N–C) groups is 2. The van der Waals surface area contributed by atoms with E-state index in [0.717, 1.165) is 13.1 Å². The van der Waals surface area contributed by atoms with Crippen LogP contribution in [0.3, 0.4) is 0 Å². The van der Waals surface area contributed by atoms with E-state index in [2.05, 4.69) is 0 Å². The van der Waals surface area contributed by atoms with Gasteiger partial charge < -0.3 is 0 Å². The maximum atomic E-state index is 4.71. The van der Waals surface area contributed by atoms with Gasteiger partial charge in [-0.05, 0) is 64.2 Å². The van der Waals surface area contributed by atoms with E-state index in [4.69, 9.17) is 9.98 Å². The first-order chi connectivity index (χ1) is 9.95. The van der Waals surface area contributed by atoms with E-state index in [1.165, 1.54) is 101 Å². The second-order valence-corrected chi connectivity index (χ2v) is 6.43. The first-order valence-electron chi connectivity index (χ1n) is 8.99. The molecule has 2 aliphatic carbocycles. The molecule has 2 nitrogen and oxygen atoms in total. The summed E-state index contributed by atoms with van der Waals surface area (Å²) in [4.78, 5) is 9.43. The van der Waals surface area contributed by atoms with Gasteiger partial charge in [0.1, 0.15) is 0 Å². The van der Waals surface area contributed by atoms with Crippen molar-refractivity contribution in [2.75, 3.05) is 13.1 Å². The maximum absolute atomic E-state index is 4.71. The third kappa shape index (κ3) is 6.67. The molecule has 2 fully saturated rings. The number of hydrogen-bond acceptors (Lipinski definition) is 2. The third-order valence-electron chi connectivity index (χ3n) is 4.60. The van der Waals surface area contributed by atoms with E-state index in [1.54, 1.807) is 0 Å². The number of rotatable bonds is 9. The minimum atomic E-state index is 1.09. The topological polar surface area (TPSA) is 24.7 Å². The summed E-state index contributed by atoms with van der Waals surface area (Å²) in [6, 6.07) is 0. The lowest BCUT2D eigenvalue weighted by molar-refractivity contribution is 0.601. The summed E-state index contributed by atoms with van der Waals surface area (Å²) in [6.45, 7) is 2.17. The van der Waals surface area contributed by atoms with Crippen LogP contribution < -0.4 is 0 Å². The Bertz CT molecular complexity index is 269. The van der Waals surface area contributed by atoms with Crippen molar-refractivity contribution < 1.29 is 0 Å². The standard InChI is InChI=1S/C18H32N2/c1(3-9-15-19-17-11-5-6-12-17)2-4-10-16-20-18-13-7-8-14-18/h1-16H2. The summed E-state index contributed by atoms with van der Waals surface area (Å²) in [5, 5.41) is 0. The number of nitrogens with zero attached hydrogens (tertiary/aromatic N) is 2. The van der Waals surface area contributed by atoms with Crippen molar-refractivity contribution in [3.8, 4) is 0 Å². The van der Waals surface area contributed by atoms with Crippen LogP contribution in [0.15, 0.2) is 9.98 Å². The molecule has 0 unspecified atom stereocenters. The normalized spacial score (nSPS) is 18.8. The number of hydrogen-bond donors (Lipinski definition) is 0. The molecule has 0 aromatic heterocycles. The van der Waals surface area contributed by atoms with Gasteiger partial charge in [0.15, 0.2) is 0 Å². The molecule has 114 valence electrons. The summed E-state index contributed by atoms with van der Waals surface area (Å²) in [6.07, 6.45) is 18.7. The Morgan fingerprint density at radius 1 is 0.500 bits per heavy atom. The fraction of sp³-hybridized carbons (Fsp3) is 0.889. The molecule has 2 saturated carbocycles. The van der Waals surface area contributed by atoms with Gasteiger partial charge in [0, 0.05) is 24.5 Å². The van der Waals surface area contributed by atoms with E-state index in [0.29, 0.717) is 0 Å². The molecule has 2 heteroatoms. The molecule has 0 bridgehead atoms. The summed E-state index contributed by atoms with van der Waals surface area (Å²) in [7, 11) is 0. The predicted octanol–water partition coefficient (Wildman–Crippen LogP) is 5.36. The zero-order valence-electron chi connectivity index (χ0n) is 13.2. The van der Waals surface area contributed by atoms with Gasteiger partial charge in [-0.1, -0.05) is 25.7 Å². The zero-order valence-corrected chi connectivity index (χ0v) is 13.2. The fourth-order valence-electron chi connectivity index (χ4n) is 3.29. The van der Waals surface area contributed by atoms with Gasteiger partial charge >= 0.3 is 0 Å². The largest absolute Gasteiger partial charge is 0.294 e. The fourth-order valence-corrected chi connectivity index (χ4v) is 3.29. The Hall–Kier alpha value is -0.660. The van der Waals surface area contributed by atoms with Gasteiger partial charge in [-0.3, -0.25) is 9.98 Å². The van der Waals surface area contributed by atoms with Crippen LogP contribution in [-0.2, 0) is 0 Å². The minimum absolute atomic E-state index is 1.09. The highest BCUT2D eigenvalue weighted by atomic mass is 14.7. The molecule has 0 aliphatic heterocycles. The Balaban J connectivity index is 1.35. The molecule has 0 N–H and O–H groups in total. The average Bonchev–Trinajstić information content (AvgIpc) is 3.14. The molecule has 0 aromatic carbocycles. The van der Waals surface area contributed by atoms with Gasteiger partial charge in [-0.2, -0.15) is 0 Å².